The summed E-state index contributed by atoms with van der Waals surface area (Å²) in [5.41, 5.74) is 6.76. The molecule has 1 aromatic heterocycles. The maximum absolute atomic E-state index is 11.0. The number of nitrogens with one attached hydrogen (secondary N) is 2. The standard InChI is InChI=1S/C6H5N11O4/c7-6(17(20)21)3(16(18)19)5-11-8-2(1-15(5)12-6)4-9-13-14-10-4/h1,12H,7H2,(H,9,10,13,14). The Morgan fingerprint density at radius 3 is 2.67 bits per heavy atom. The van der Waals surface area contributed by atoms with Crippen LogP contribution >= 0.6 is 0 Å². The Balaban J connectivity index is 2.07. The highest BCUT2D eigenvalue weighted by Crippen LogP contribution is 2.32. The van der Waals surface area contributed by atoms with Crippen LogP contribution in [0.4, 0.5) is 0 Å². The molecule has 108 valence electrons. The van der Waals surface area contributed by atoms with Crippen LogP contribution in [-0.4, -0.2) is 41.3 Å². The molecule has 1 unspecified atom stereocenters. The van der Waals surface area contributed by atoms with Crippen molar-refractivity contribution in [3.63, 3.8) is 0 Å². The van der Waals surface area contributed by atoms with Crippen molar-refractivity contribution in [1.82, 2.24) is 31.1 Å². The van der Waals surface area contributed by atoms with Gasteiger partial charge in [0.2, 0.25) is 5.82 Å². The van der Waals surface area contributed by atoms with Crippen molar-refractivity contribution < 1.29 is 9.85 Å². The third-order valence-electron chi connectivity index (χ3n) is 2.64. The van der Waals surface area contributed by atoms with Crippen LogP contribution in [0.15, 0.2) is 27.9 Å². The molecular weight excluding hydrogens is 290 g/mol. The average molecular weight is 295 g/mol. The Morgan fingerprint density at radius 1 is 1.33 bits per heavy atom. The quantitative estimate of drug-likeness (QED) is 0.321. The van der Waals surface area contributed by atoms with E-state index < -0.39 is 27.2 Å². The SMILES string of the molecule is NC1([N+](=O)[O-])NN2C=C(c3nn[nH]n3)N=NC2=C1[N+](=O)[O-]. The summed E-state index contributed by atoms with van der Waals surface area (Å²) in [6.45, 7) is 0. The second-order valence-corrected chi connectivity index (χ2v) is 3.88. The van der Waals surface area contributed by atoms with Gasteiger partial charge in [0, 0.05) is 0 Å². The van der Waals surface area contributed by atoms with E-state index in [2.05, 4.69) is 36.3 Å². The zero-order valence-electron chi connectivity index (χ0n) is 9.87. The summed E-state index contributed by atoms with van der Waals surface area (Å²) in [6, 6.07) is 0. The summed E-state index contributed by atoms with van der Waals surface area (Å²) in [5, 5.41) is 42.9. The van der Waals surface area contributed by atoms with Gasteiger partial charge in [0.05, 0.1) is 16.0 Å². The molecule has 0 bridgehead atoms. The van der Waals surface area contributed by atoms with E-state index in [1.807, 2.05) is 0 Å². The number of nitro groups is 2. The molecule has 0 fully saturated rings. The molecule has 0 saturated heterocycles. The molecule has 21 heavy (non-hydrogen) atoms. The van der Waals surface area contributed by atoms with E-state index in [-0.39, 0.29) is 11.5 Å². The minimum absolute atomic E-state index is 0.0536. The molecule has 4 N–H and O–H groups in total. The predicted octanol–water partition coefficient (Wildman–Crippen LogP) is -1.88. The molecule has 15 heteroatoms. The highest BCUT2D eigenvalue weighted by molar-refractivity contribution is 5.58. The second kappa shape index (κ2) is 4.08. The van der Waals surface area contributed by atoms with Gasteiger partial charge in [0.25, 0.3) is 5.82 Å². The van der Waals surface area contributed by atoms with Gasteiger partial charge in [-0.05, 0) is 5.21 Å². The highest BCUT2D eigenvalue weighted by atomic mass is 16.7. The molecule has 3 heterocycles. The molecule has 3 rings (SSSR count). The lowest BCUT2D eigenvalue weighted by molar-refractivity contribution is -0.602. The van der Waals surface area contributed by atoms with Gasteiger partial charge in [-0.25, -0.2) is 10.7 Å². The lowest BCUT2D eigenvalue weighted by Gasteiger charge is -2.18. The van der Waals surface area contributed by atoms with E-state index in [4.69, 9.17) is 5.73 Å². The zero-order valence-corrected chi connectivity index (χ0v) is 9.87. The Morgan fingerprint density at radius 2 is 2.10 bits per heavy atom. The van der Waals surface area contributed by atoms with Gasteiger partial charge in [0.15, 0.2) is 5.70 Å². The van der Waals surface area contributed by atoms with Crippen molar-refractivity contribution in [1.29, 1.82) is 0 Å². The molecule has 15 nitrogen and oxygen atoms in total. The zero-order chi connectivity index (χ0) is 15.2. The Hall–Kier alpha value is -3.33. The maximum Gasteiger partial charge on any atom is 0.441 e. The summed E-state index contributed by atoms with van der Waals surface area (Å²) >= 11 is 0. The highest BCUT2D eigenvalue weighted by Gasteiger charge is 2.62. The van der Waals surface area contributed by atoms with Crippen molar-refractivity contribution in [3.8, 4) is 0 Å². The van der Waals surface area contributed by atoms with Crippen molar-refractivity contribution >= 4 is 5.70 Å². The van der Waals surface area contributed by atoms with Gasteiger partial charge in [-0.1, -0.05) is 0 Å². The first kappa shape index (κ1) is 12.7. The minimum Gasteiger partial charge on any atom is -0.261 e. The summed E-state index contributed by atoms with van der Waals surface area (Å²) in [5.74, 6) is -2.97. The average Bonchev–Trinajstić information content (AvgIpc) is 3.02. The number of aromatic nitrogens is 4. The molecule has 0 spiro atoms. The van der Waals surface area contributed by atoms with Crippen LogP contribution in [0, 0.1) is 20.2 Å². The fraction of sp³-hybridized carbons (Fsp3) is 0.167. The number of nitrogens with zero attached hydrogens (tertiary/aromatic N) is 8. The molecule has 0 saturated carbocycles. The second-order valence-electron chi connectivity index (χ2n) is 3.88. The number of aromatic amines is 1. The first-order valence-corrected chi connectivity index (χ1v) is 5.20. The molecule has 0 radical (unpaired) electrons. The van der Waals surface area contributed by atoms with E-state index in [1.165, 1.54) is 6.20 Å². The van der Waals surface area contributed by atoms with Gasteiger partial charge in [-0.3, -0.25) is 20.2 Å². The molecule has 0 aliphatic carbocycles. The van der Waals surface area contributed by atoms with Gasteiger partial charge in [0.1, 0.15) is 0 Å². The number of hydrazine groups is 1. The largest absolute Gasteiger partial charge is 0.441 e. The smallest absolute Gasteiger partial charge is 0.261 e. The fourth-order valence-corrected chi connectivity index (χ4v) is 1.73. The molecule has 0 aromatic carbocycles. The Kier molecular flexibility index (Phi) is 2.47. The van der Waals surface area contributed by atoms with Crippen molar-refractivity contribution in [3.05, 3.63) is 43.8 Å². The van der Waals surface area contributed by atoms with Crippen molar-refractivity contribution in [2.45, 2.75) is 5.79 Å². The monoisotopic (exact) mass is 295 g/mol. The van der Waals surface area contributed by atoms with Crippen LogP contribution in [0.25, 0.3) is 5.70 Å². The van der Waals surface area contributed by atoms with Gasteiger partial charge in [-0.2, -0.15) is 5.21 Å². The molecular formula is C6H5N11O4. The number of fused-ring (bicyclic) bond motifs is 1. The number of azo groups is 1. The summed E-state index contributed by atoms with van der Waals surface area (Å²) in [6.07, 6.45) is 1.18. The van der Waals surface area contributed by atoms with E-state index in [0.717, 1.165) is 5.01 Å². The number of nitrogens with two attached hydrogens (primary N) is 1. The van der Waals surface area contributed by atoms with Crippen LogP contribution in [0.2, 0.25) is 0 Å². The van der Waals surface area contributed by atoms with E-state index in [0.29, 0.717) is 0 Å². The van der Waals surface area contributed by atoms with Crippen LogP contribution in [0.1, 0.15) is 5.82 Å². The molecule has 2 aliphatic heterocycles. The van der Waals surface area contributed by atoms with Crippen LogP contribution in [0.3, 0.4) is 0 Å². The van der Waals surface area contributed by atoms with Gasteiger partial charge in [-0.15, -0.1) is 25.9 Å². The van der Waals surface area contributed by atoms with E-state index in [9.17, 15) is 20.2 Å². The fourth-order valence-electron chi connectivity index (χ4n) is 1.73. The maximum atomic E-state index is 11.0. The minimum atomic E-state index is -2.62. The number of H-pyrrole nitrogens is 1. The lowest BCUT2D eigenvalue weighted by atomic mass is 10.3. The first-order chi connectivity index (χ1) is 9.93. The third kappa shape index (κ3) is 1.72. The Bertz CT molecular complexity index is 719. The topological polar surface area (TPSA) is 207 Å². The Labute approximate surface area is 113 Å². The summed E-state index contributed by atoms with van der Waals surface area (Å²) in [7, 11) is 0. The number of tetrazole rings is 1. The molecule has 0 amide bonds. The van der Waals surface area contributed by atoms with Gasteiger partial charge >= 0.3 is 11.5 Å². The molecule has 2 aliphatic rings. The molecule has 1 aromatic rings. The number of hydrogen-bond acceptors (Lipinski definition) is 12. The van der Waals surface area contributed by atoms with Crippen LogP contribution < -0.4 is 11.2 Å². The van der Waals surface area contributed by atoms with Crippen molar-refractivity contribution in [2.75, 3.05) is 0 Å². The third-order valence-corrected chi connectivity index (χ3v) is 2.64. The summed E-state index contributed by atoms with van der Waals surface area (Å²) in [4.78, 5) is 20.0. The van der Waals surface area contributed by atoms with Crippen LogP contribution in [0.5, 0.6) is 0 Å². The molecule has 1 atom stereocenters. The van der Waals surface area contributed by atoms with E-state index in [1.54, 1.807) is 0 Å². The predicted molar refractivity (Wildman–Crippen MR) is 59.9 cm³/mol. The lowest BCUT2D eigenvalue weighted by Crippen LogP contribution is -2.61. The van der Waals surface area contributed by atoms with Gasteiger partial charge < -0.3 is 0 Å². The van der Waals surface area contributed by atoms with Crippen LogP contribution in [-0.2, 0) is 0 Å². The normalized spacial score (nSPS) is 24.0. The van der Waals surface area contributed by atoms with Crippen molar-refractivity contribution in [2.24, 2.45) is 16.0 Å². The number of hydrogen-bond donors (Lipinski definition) is 3. The first-order valence-electron chi connectivity index (χ1n) is 5.20. The van der Waals surface area contributed by atoms with E-state index >= 15 is 0 Å². The summed E-state index contributed by atoms with van der Waals surface area (Å²) < 4.78 is 0. The number of rotatable bonds is 3.